The highest BCUT2D eigenvalue weighted by Gasteiger charge is 2.40. The van der Waals surface area contributed by atoms with Gasteiger partial charge in [-0.05, 0) is 50.9 Å². The minimum atomic E-state index is -0.563. The molecule has 16 heavy (non-hydrogen) atoms. The van der Waals surface area contributed by atoms with Crippen LogP contribution in [-0.2, 0) is 9.47 Å². The first-order valence-electron chi connectivity index (χ1n) is 6.38. The molecule has 0 aliphatic heterocycles. The molecule has 0 spiro atoms. The fourth-order valence-corrected chi connectivity index (χ4v) is 3.65. The molecule has 0 N–H and O–H groups in total. The number of hydrogen-bond acceptors (Lipinski definition) is 2. The highest BCUT2D eigenvalue weighted by atomic mass is 28.1. The maximum atomic E-state index is 5.71. The van der Waals surface area contributed by atoms with Crippen LogP contribution in [0, 0.1) is 17.8 Å². The summed E-state index contributed by atoms with van der Waals surface area (Å²) in [5, 5.41) is 0. The molecule has 0 aromatic heterocycles. The molecule has 0 saturated heterocycles. The van der Waals surface area contributed by atoms with Gasteiger partial charge in [0.05, 0.1) is 0 Å². The standard InChI is InChI=1S/C13H21O2Si/c1-3-14-13(16,15-4-2)9-12-8-10-5-6-11(12)7-10/h5-6,10-12H,3-4,7-9H2,1-2H3. The molecule has 3 heteroatoms. The molecule has 1 saturated carbocycles. The molecule has 2 rings (SSSR count). The SMILES string of the molecule is CCOC([Si])(CC1CC2C=CC1C2)OCC. The van der Waals surface area contributed by atoms with Crippen LogP contribution in [0.5, 0.6) is 0 Å². The Morgan fingerprint density at radius 1 is 1.19 bits per heavy atom. The molecule has 0 amide bonds. The van der Waals surface area contributed by atoms with E-state index in [-0.39, 0.29) is 0 Å². The number of fused-ring (bicyclic) bond motifs is 2. The average Bonchev–Trinajstić information content (AvgIpc) is 2.79. The Kier molecular flexibility index (Phi) is 3.87. The molecule has 0 aromatic carbocycles. The monoisotopic (exact) mass is 237 g/mol. The van der Waals surface area contributed by atoms with Crippen molar-refractivity contribution in [3.05, 3.63) is 12.2 Å². The highest BCUT2D eigenvalue weighted by molar-refractivity contribution is 6.13. The van der Waals surface area contributed by atoms with Gasteiger partial charge >= 0.3 is 0 Å². The number of hydrogen-bond donors (Lipinski definition) is 0. The summed E-state index contributed by atoms with van der Waals surface area (Å²) in [7, 11) is 3.68. The van der Waals surface area contributed by atoms with Crippen molar-refractivity contribution in [2.45, 2.75) is 38.5 Å². The second-order valence-electron chi connectivity index (χ2n) is 4.86. The van der Waals surface area contributed by atoms with Crippen molar-refractivity contribution in [3.8, 4) is 0 Å². The van der Waals surface area contributed by atoms with Crippen molar-refractivity contribution in [1.82, 2.24) is 0 Å². The van der Waals surface area contributed by atoms with Crippen molar-refractivity contribution < 1.29 is 9.47 Å². The molecular weight excluding hydrogens is 216 g/mol. The minimum absolute atomic E-state index is 0.563. The summed E-state index contributed by atoms with van der Waals surface area (Å²) in [4.78, 5) is 0. The first kappa shape index (κ1) is 12.3. The zero-order valence-electron chi connectivity index (χ0n) is 10.2. The molecule has 1 fully saturated rings. The van der Waals surface area contributed by atoms with Gasteiger partial charge in [0.1, 0.15) is 15.7 Å². The van der Waals surface area contributed by atoms with E-state index in [1.54, 1.807) is 0 Å². The molecule has 0 heterocycles. The fourth-order valence-electron chi connectivity index (χ4n) is 3.10. The van der Waals surface area contributed by atoms with Crippen molar-refractivity contribution in [3.63, 3.8) is 0 Å². The molecule has 3 radical (unpaired) electrons. The summed E-state index contributed by atoms with van der Waals surface area (Å²) < 4.78 is 11.4. The third-order valence-corrected chi connectivity index (χ3v) is 4.20. The van der Waals surface area contributed by atoms with Crippen molar-refractivity contribution in [1.29, 1.82) is 0 Å². The largest absolute Gasteiger partial charge is 0.355 e. The lowest BCUT2D eigenvalue weighted by Gasteiger charge is -2.33. The Labute approximate surface area is 102 Å². The molecule has 0 aromatic rings. The van der Waals surface area contributed by atoms with Crippen LogP contribution in [0.1, 0.15) is 33.1 Å². The van der Waals surface area contributed by atoms with Crippen LogP contribution < -0.4 is 0 Å². The van der Waals surface area contributed by atoms with Gasteiger partial charge in [-0.1, -0.05) is 12.2 Å². The summed E-state index contributed by atoms with van der Waals surface area (Å²) in [5.41, 5.74) is -0.563. The Morgan fingerprint density at radius 3 is 2.31 bits per heavy atom. The molecule has 3 atom stereocenters. The van der Waals surface area contributed by atoms with Gasteiger partial charge in [-0.15, -0.1) is 0 Å². The minimum Gasteiger partial charge on any atom is -0.355 e. The van der Waals surface area contributed by atoms with E-state index in [1.807, 2.05) is 13.8 Å². The van der Waals surface area contributed by atoms with E-state index in [0.717, 1.165) is 18.3 Å². The lowest BCUT2D eigenvalue weighted by molar-refractivity contribution is -0.184. The van der Waals surface area contributed by atoms with E-state index in [0.29, 0.717) is 19.1 Å². The van der Waals surface area contributed by atoms with E-state index in [4.69, 9.17) is 9.47 Å². The zero-order chi connectivity index (χ0) is 11.6. The first-order chi connectivity index (χ1) is 7.67. The zero-order valence-corrected chi connectivity index (χ0v) is 11.2. The third kappa shape index (κ3) is 2.58. The van der Waals surface area contributed by atoms with E-state index < -0.39 is 5.41 Å². The Hall–Kier alpha value is -0.123. The van der Waals surface area contributed by atoms with Crippen molar-refractivity contribution in [2.75, 3.05) is 13.2 Å². The number of allylic oxidation sites excluding steroid dienone is 2. The second-order valence-corrected chi connectivity index (χ2v) is 5.63. The van der Waals surface area contributed by atoms with Crippen LogP contribution in [0.25, 0.3) is 0 Å². The van der Waals surface area contributed by atoms with E-state index in [1.165, 1.54) is 12.8 Å². The predicted molar refractivity (Wildman–Crippen MR) is 65.2 cm³/mol. The smallest absolute Gasteiger partial charge is 0.144 e. The van der Waals surface area contributed by atoms with Gasteiger partial charge in [-0.3, -0.25) is 0 Å². The van der Waals surface area contributed by atoms with Gasteiger partial charge in [-0.25, -0.2) is 0 Å². The quantitative estimate of drug-likeness (QED) is 0.401. The maximum Gasteiger partial charge on any atom is 0.144 e. The van der Waals surface area contributed by atoms with E-state index in [9.17, 15) is 0 Å². The Morgan fingerprint density at radius 2 is 1.88 bits per heavy atom. The molecule has 2 bridgehead atoms. The Bertz CT molecular complexity index is 259. The summed E-state index contributed by atoms with van der Waals surface area (Å²) in [6.07, 6.45) is 8.34. The molecule has 89 valence electrons. The first-order valence-corrected chi connectivity index (χ1v) is 6.88. The number of ether oxygens (including phenoxy) is 2. The molecule has 2 nitrogen and oxygen atoms in total. The predicted octanol–water partition coefficient (Wildman–Crippen LogP) is 2.48. The van der Waals surface area contributed by atoms with Crippen molar-refractivity contribution >= 4 is 10.2 Å². The number of rotatable bonds is 6. The molecule has 3 unspecified atom stereocenters. The summed E-state index contributed by atoms with van der Waals surface area (Å²) >= 11 is 0. The van der Waals surface area contributed by atoms with Gasteiger partial charge in [0.25, 0.3) is 0 Å². The average molecular weight is 237 g/mol. The summed E-state index contributed by atoms with van der Waals surface area (Å²) in [6, 6.07) is 0. The fraction of sp³-hybridized carbons (Fsp3) is 0.846. The molecule has 2 aliphatic carbocycles. The van der Waals surface area contributed by atoms with Crippen LogP contribution in [0.4, 0.5) is 0 Å². The topological polar surface area (TPSA) is 18.5 Å². The van der Waals surface area contributed by atoms with Gasteiger partial charge in [-0.2, -0.15) is 0 Å². The lowest BCUT2D eigenvalue weighted by atomic mass is 9.90. The third-order valence-electron chi connectivity index (χ3n) is 3.70. The molecular formula is C13H21O2Si. The van der Waals surface area contributed by atoms with Crippen LogP contribution in [0.3, 0.4) is 0 Å². The normalized spacial score (nSPS) is 32.6. The van der Waals surface area contributed by atoms with Gasteiger partial charge < -0.3 is 9.47 Å². The highest BCUT2D eigenvalue weighted by Crippen LogP contribution is 2.46. The molecule has 2 aliphatic rings. The Balaban J connectivity index is 1.93. The van der Waals surface area contributed by atoms with Crippen LogP contribution >= 0.6 is 0 Å². The van der Waals surface area contributed by atoms with E-state index in [2.05, 4.69) is 22.4 Å². The summed E-state index contributed by atoms with van der Waals surface area (Å²) in [6.45, 7) is 5.38. The van der Waals surface area contributed by atoms with Gasteiger partial charge in [0.2, 0.25) is 0 Å². The maximum absolute atomic E-state index is 5.71. The van der Waals surface area contributed by atoms with Crippen molar-refractivity contribution in [2.24, 2.45) is 17.8 Å². The van der Waals surface area contributed by atoms with Gasteiger partial charge in [0, 0.05) is 13.2 Å². The van der Waals surface area contributed by atoms with Crippen LogP contribution in [0.15, 0.2) is 12.2 Å². The van der Waals surface area contributed by atoms with Crippen LogP contribution in [0.2, 0.25) is 0 Å². The van der Waals surface area contributed by atoms with Crippen LogP contribution in [-0.4, -0.2) is 28.9 Å². The van der Waals surface area contributed by atoms with Gasteiger partial charge in [0.15, 0.2) is 0 Å². The summed E-state index contributed by atoms with van der Waals surface area (Å²) in [5.74, 6) is 2.28. The second kappa shape index (κ2) is 5.03. The van der Waals surface area contributed by atoms with E-state index >= 15 is 0 Å². The lowest BCUT2D eigenvalue weighted by Crippen LogP contribution is -2.39.